The molecule has 4 rings (SSSR count). The molecule has 146 valence electrons. The number of nitrogens with one attached hydrogen (secondary N) is 1. The third kappa shape index (κ3) is 3.40. The number of hydrogen-bond donors (Lipinski definition) is 1. The zero-order chi connectivity index (χ0) is 18.8. The maximum absolute atomic E-state index is 12.9. The van der Waals surface area contributed by atoms with E-state index in [4.69, 9.17) is 14.5 Å². The lowest BCUT2D eigenvalue weighted by Gasteiger charge is -2.30. The van der Waals surface area contributed by atoms with Gasteiger partial charge in [-0.2, -0.15) is 5.10 Å². The van der Waals surface area contributed by atoms with Gasteiger partial charge in [-0.3, -0.25) is 0 Å². The monoisotopic (exact) mass is 372 g/mol. The standard InChI is InChI=1S/C20H28N4O3/c1-3-24-19-15(12-21-24)18(22-14-8-10-26-11-9-14)16(20(25)27-4-2)17(23-19)13-6-5-7-13/h12-14H,3-11H2,1-2H3,(H,22,23). The Morgan fingerprint density at radius 2 is 2.07 bits per heavy atom. The fraction of sp³-hybridized carbons (Fsp3) is 0.650. The second kappa shape index (κ2) is 7.84. The minimum absolute atomic E-state index is 0.275. The van der Waals surface area contributed by atoms with Crippen molar-refractivity contribution < 1.29 is 14.3 Å². The van der Waals surface area contributed by atoms with Crippen LogP contribution in [0.5, 0.6) is 0 Å². The number of carbonyl (C=O) groups is 1. The number of esters is 1. The molecule has 1 N–H and O–H groups in total. The first-order valence-corrected chi connectivity index (χ1v) is 10.1. The van der Waals surface area contributed by atoms with Crippen LogP contribution < -0.4 is 5.32 Å². The van der Waals surface area contributed by atoms with Crippen molar-refractivity contribution in [3.05, 3.63) is 17.5 Å². The van der Waals surface area contributed by atoms with Crippen molar-refractivity contribution in [3.63, 3.8) is 0 Å². The Hall–Kier alpha value is -2.15. The van der Waals surface area contributed by atoms with Gasteiger partial charge < -0.3 is 14.8 Å². The second-order valence-corrected chi connectivity index (χ2v) is 7.32. The molecule has 27 heavy (non-hydrogen) atoms. The van der Waals surface area contributed by atoms with Gasteiger partial charge in [0.05, 0.1) is 29.6 Å². The number of fused-ring (bicyclic) bond motifs is 1. The molecular formula is C20H28N4O3. The quantitative estimate of drug-likeness (QED) is 0.782. The van der Waals surface area contributed by atoms with Crippen molar-refractivity contribution in [3.8, 4) is 0 Å². The molecule has 0 radical (unpaired) electrons. The Balaban J connectivity index is 1.87. The molecular weight excluding hydrogens is 344 g/mol. The Bertz CT molecular complexity index is 822. The van der Waals surface area contributed by atoms with Gasteiger partial charge in [0.2, 0.25) is 0 Å². The van der Waals surface area contributed by atoms with Gasteiger partial charge in [0.15, 0.2) is 5.65 Å². The van der Waals surface area contributed by atoms with Gasteiger partial charge in [-0.1, -0.05) is 6.42 Å². The Kier molecular flexibility index (Phi) is 5.29. The molecule has 0 aromatic carbocycles. The van der Waals surface area contributed by atoms with E-state index < -0.39 is 0 Å². The molecule has 1 aliphatic heterocycles. The summed E-state index contributed by atoms with van der Waals surface area (Å²) in [6, 6.07) is 0.275. The van der Waals surface area contributed by atoms with E-state index in [9.17, 15) is 4.79 Å². The summed E-state index contributed by atoms with van der Waals surface area (Å²) in [5, 5.41) is 9.03. The van der Waals surface area contributed by atoms with Crippen LogP contribution in [0.25, 0.3) is 11.0 Å². The summed E-state index contributed by atoms with van der Waals surface area (Å²) in [5.74, 6) is 0.0388. The number of nitrogens with zero attached hydrogens (tertiary/aromatic N) is 3. The minimum atomic E-state index is -0.285. The van der Waals surface area contributed by atoms with Crippen LogP contribution >= 0.6 is 0 Å². The number of pyridine rings is 1. The summed E-state index contributed by atoms with van der Waals surface area (Å²) < 4.78 is 12.8. The van der Waals surface area contributed by atoms with Crippen molar-refractivity contribution in [1.29, 1.82) is 0 Å². The van der Waals surface area contributed by atoms with E-state index in [0.29, 0.717) is 18.1 Å². The van der Waals surface area contributed by atoms with Crippen LogP contribution in [0.1, 0.15) is 67.9 Å². The van der Waals surface area contributed by atoms with Gasteiger partial charge in [-0.15, -0.1) is 0 Å². The zero-order valence-corrected chi connectivity index (χ0v) is 16.2. The Morgan fingerprint density at radius 3 is 2.70 bits per heavy atom. The SMILES string of the molecule is CCOC(=O)c1c(C2CCC2)nc2c(cnn2CC)c1NC1CCOCC1. The fourth-order valence-electron chi connectivity index (χ4n) is 3.92. The van der Waals surface area contributed by atoms with Crippen LogP contribution in [0, 0.1) is 0 Å². The number of hydrogen-bond acceptors (Lipinski definition) is 6. The first-order chi connectivity index (χ1) is 13.2. The van der Waals surface area contributed by atoms with E-state index in [0.717, 1.165) is 67.9 Å². The fourth-order valence-corrected chi connectivity index (χ4v) is 3.92. The summed E-state index contributed by atoms with van der Waals surface area (Å²) in [6.07, 6.45) is 6.99. The normalized spacial score (nSPS) is 18.4. The molecule has 1 aliphatic carbocycles. The number of rotatable bonds is 6. The van der Waals surface area contributed by atoms with Crippen molar-refractivity contribution >= 4 is 22.7 Å². The molecule has 2 fully saturated rings. The Labute approximate surface area is 159 Å². The third-order valence-electron chi connectivity index (χ3n) is 5.65. The van der Waals surface area contributed by atoms with Crippen molar-refractivity contribution in [1.82, 2.24) is 14.8 Å². The highest BCUT2D eigenvalue weighted by Crippen LogP contribution is 2.41. The summed E-state index contributed by atoms with van der Waals surface area (Å²) in [7, 11) is 0. The highest BCUT2D eigenvalue weighted by Gasteiger charge is 2.32. The average molecular weight is 372 g/mol. The zero-order valence-electron chi connectivity index (χ0n) is 16.2. The molecule has 3 heterocycles. The van der Waals surface area contributed by atoms with Crippen LogP contribution in [-0.4, -0.2) is 46.6 Å². The lowest BCUT2D eigenvalue weighted by atomic mass is 9.80. The molecule has 1 saturated heterocycles. The summed E-state index contributed by atoms with van der Waals surface area (Å²) in [6.45, 7) is 6.48. The van der Waals surface area contributed by atoms with Gasteiger partial charge in [0, 0.05) is 31.7 Å². The van der Waals surface area contributed by atoms with Crippen molar-refractivity contribution in [2.75, 3.05) is 25.1 Å². The molecule has 0 atom stereocenters. The summed E-state index contributed by atoms with van der Waals surface area (Å²) in [4.78, 5) is 17.9. The lowest BCUT2D eigenvalue weighted by molar-refractivity contribution is 0.0524. The Morgan fingerprint density at radius 1 is 1.30 bits per heavy atom. The van der Waals surface area contributed by atoms with Gasteiger partial charge in [-0.25, -0.2) is 14.5 Å². The molecule has 2 aromatic heterocycles. The number of aromatic nitrogens is 3. The second-order valence-electron chi connectivity index (χ2n) is 7.32. The smallest absolute Gasteiger partial charge is 0.342 e. The number of anilines is 1. The number of ether oxygens (including phenoxy) is 2. The molecule has 7 nitrogen and oxygen atoms in total. The molecule has 0 bridgehead atoms. The molecule has 0 spiro atoms. The molecule has 0 amide bonds. The minimum Gasteiger partial charge on any atom is -0.462 e. The maximum Gasteiger partial charge on any atom is 0.342 e. The molecule has 7 heteroatoms. The molecule has 2 aliphatic rings. The van der Waals surface area contributed by atoms with E-state index in [1.54, 1.807) is 0 Å². The van der Waals surface area contributed by atoms with Crippen LogP contribution in [0.15, 0.2) is 6.20 Å². The molecule has 2 aromatic rings. The van der Waals surface area contributed by atoms with Gasteiger partial charge in [0.25, 0.3) is 0 Å². The summed E-state index contributed by atoms with van der Waals surface area (Å²) in [5.41, 5.74) is 3.17. The van der Waals surface area contributed by atoms with E-state index >= 15 is 0 Å². The first-order valence-electron chi connectivity index (χ1n) is 10.1. The van der Waals surface area contributed by atoms with Crippen LogP contribution in [0.4, 0.5) is 5.69 Å². The van der Waals surface area contributed by atoms with Gasteiger partial charge in [0.1, 0.15) is 5.56 Å². The van der Waals surface area contributed by atoms with E-state index in [-0.39, 0.29) is 12.0 Å². The van der Waals surface area contributed by atoms with Crippen molar-refractivity contribution in [2.45, 2.75) is 64.5 Å². The maximum atomic E-state index is 12.9. The van der Waals surface area contributed by atoms with E-state index in [1.807, 2.05) is 17.8 Å². The topological polar surface area (TPSA) is 78.3 Å². The lowest BCUT2D eigenvalue weighted by Crippen LogP contribution is -2.29. The van der Waals surface area contributed by atoms with E-state index in [2.05, 4.69) is 17.3 Å². The van der Waals surface area contributed by atoms with Crippen LogP contribution in [0.2, 0.25) is 0 Å². The van der Waals surface area contributed by atoms with Crippen molar-refractivity contribution in [2.24, 2.45) is 0 Å². The predicted octanol–water partition coefficient (Wildman–Crippen LogP) is 3.49. The third-order valence-corrected chi connectivity index (χ3v) is 5.65. The predicted molar refractivity (Wildman–Crippen MR) is 103 cm³/mol. The van der Waals surface area contributed by atoms with Gasteiger partial charge >= 0.3 is 5.97 Å². The molecule has 1 saturated carbocycles. The van der Waals surface area contributed by atoms with E-state index in [1.165, 1.54) is 6.42 Å². The summed E-state index contributed by atoms with van der Waals surface area (Å²) >= 11 is 0. The first kappa shape index (κ1) is 18.2. The molecule has 0 unspecified atom stereocenters. The number of carbonyl (C=O) groups excluding carboxylic acids is 1. The number of aryl methyl sites for hydroxylation is 1. The highest BCUT2D eigenvalue weighted by molar-refractivity contribution is 6.05. The average Bonchev–Trinajstić information content (AvgIpc) is 3.04. The van der Waals surface area contributed by atoms with Crippen LogP contribution in [-0.2, 0) is 16.0 Å². The van der Waals surface area contributed by atoms with Crippen LogP contribution in [0.3, 0.4) is 0 Å². The highest BCUT2D eigenvalue weighted by atomic mass is 16.5. The van der Waals surface area contributed by atoms with Gasteiger partial charge in [-0.05, 0) is 39.5 Å². The largest absolute Gasteiger partial charge is 0.462 e.